The van der Waals surface area contributed by atoms with Crippen LogP contribution in [-0.2, 0) is 11.2 Å². The monoisotopic (exact) mass is 338 g/mol. The summed E-state index contributed by atoms with van der Waals surface area (Å²) in [6.07, 6.45) is 3.00. The molecule has 1 aliphatic heterocycles. The minimum absolute atomic E-state index is 0.248. The lowest BCUT2D eigenvalue weighted by Gasteiger charge is -2.34. The Balaban J connectivity index is 1.80. The zero-order valence-corrected chi connectivity index (χ0v) is 13.7. The molecule has 0 aliphatic carbocycles. The van der Waals surface area contributed by atoms with Crippen molar-refractivity contribution in [2.75, 3.05) is 32.7 Å². The van der Waals surface area contributed by atoms with Crippen LogP contribution in [0.5, 0.6) is 0 Å². The number of hydrogen-bond acceptors (Lipinski definition) is 2. The summed E-state index contributed by atoms with van der Waals surface area (Å²) >= 11 is 3.45. The van der Waals surface area contributed by atoms with Gasteiger partial charge in [0.05, 0.1) is 6.42 Å². The second-order valence-corrected chi connectivity index (χ2v) is 6.30. The van der Waals surface area contributed by atoms with Gasteiger partial charge in [-0.15, -0.1) is 0 Å². The quantitative estimate of drug-likeness (QED) is 0.824. The number of halogens is 1. The van der Waals surface area contributed by atoms with E-state index in [1.165, 1.54) is 19.4 Å². The number of carbonyl (C=O) groups is 1. The van der Waals surface area contributed by atoms with E-state index in [0.717, 1.165) is 36.2 Å². The molecule has 1 fully saturated rings. The highest BCUT2D eigenvalue weighted by atomic mass is 79.9. The summed E-state index contributed by atoms with van der Waals surface area (Å²) in [6.45, 7) is 7.17. The van der Waals surface area contributed by atoms with Crippen molar-refractivity contribution in [1.29, 1.82) is 0 Å². The minimum atomic E-state index is 0.248. The van der Waals surface area contributed by atoms with Crippen LogP contribution < -0.4 is 0 Å². The van der Waals surface area contributed by atoms with Crippen LogP contribution in [-0.4, -0.2) is 48.4 Å². The number of carbonyl (C=O) groups excluding carboxylic acids is 1. The number of nitrogens with zero attached hydrogens (tertiary/aromatic N) is 2. The molecule has 1 aromatic carbocycles. The highest BCUT2D eigenvalue weighted by Gasteiger charge is 2.20. The molecule has 2 rings (SSSR count). The van der Waals surface area contributed by atoms with Crippen LogP contribution in [0.15, 0.2) is 28.7 Å². The van der Waals surface area contributed by atoms with Gasteiger partial charge in [-0.2, -0.15) is 0 Å². The number of piperazine rings is 1. The SMILES string of the molecule is CCCCN1CCN(C(=O)Cc2cccc(Br)c2)CC1. The number of benzene rings is 1. The molecule has 0 N–H and O–H groups in total. The molecular weight excluding hydrogens is 316 g/mol. The second kappa shape index (κ2) is 7.79. The highest BCUT2D eigenvalue weighted by molar-refractivity contribution is 9.10. The van der Waals surface area contributed by atoms with Gasteiger partial charge in [-0.1, -0.05) is 41.4 Å². The van der Waals surface area contributed by atoms with E-state index in [1.807, 2.05) is 29.2 Å². The van der Waals surface area contributed by atoms with E-state index in [-0.39, 0.29) is 5.91 Å². The van der Waals surface area contributed by atoms with Crippen molar-refractivity contribution < 1.29 is 4.79 Å². The summed E-state index contributed by atoms with van der Waals surface area (Å²) in [7, 11) is 0. The topological polar surface area (TPSA) is 23.6 Å². The molecule has 1 aromatic rings. The van der Waals surface area contributed by atoms with E-state index in [1.54, 1.807) is 0 Å². The lowest BCUT2D eigenvalue weighted by Crippen LogP contribution is -2.49. The van der Waals surface area contributed by atoms with Gasteiger partial charge in [0.1, 0.15) is 0 Å². The molecule has 0 aromatic heterocycles. The van der Waals surface area contributed by atoms with Crippen molar-refractivity contribution in [3.05, 3.63) is 34.3 Å². The van der Waals surface area contributed by atoms with Gasteiger partial charge in [-0.25, -0.2) is 0 Å². The molecule has 1 heterocycles. The lowest BCUT2D eigenvalue weighted by molar-refractivity contribution is -0.132. The normalized spacial score (nSPS) is 16.4. The summed E-state index contributed by atoms with van der Waals surface area (Å²) in [4.78, 5) is 16.8. The predicted molar refractivity (Wildman–Crippen MR) is 85.8 cm³/mol. The molecule has 110 valence electrons. The predicted octanol–water partition coefficient (Wildman–Crippen LogP) is 2.94. The Labute approximate surface area is 130 Å². The molecule has 1 saturated heterocycles. The molecule has 0 radical (unpaired) electrons. The maximum atomic E-state index is 12.3. The van der Waals surface area contributed by atoms with Crippen molar-refractivity contribution >= 4 is 21.8 Å². The minimum Gasteiger partial charge on any atom is -0.340 e. The van der Waals surface area contributed by atoms with Gasteiger partial charge < -0.3 is 4.90 Å². The average molecular weight is 339 g/mol. The Bertz CT molecular complexity index is 442. The fourth-order valence-electron chi connectivity index (χ4n) is 2.54. The van der Waals surface area contributed by atoms with Crippen LogP contribution in [0.25, 0.3) is 0 Å². The van der Waals surface area contributed by atoms with Gasteiger partial charge in [0, 0.05) is 30.7 Å². The number of hydrogen-bond donors (Lipinski definition) is 0. The Morgan fingerprint density at radius 2 is 2.00 bits per heavy atom. The van der Waals surface area contributed by atoms with Gasteiger partial charge in [0.2, 0.25) is 5.91 Å². The largest absolute Gasteiger partial charge is 0.340 e. The Kier molecular flexibility index (Phi) is 6.05. The van der Waals surface area contributed by atoms with Crippen molar-refractivity contribution in [3.63, 3.8) is 0 Å². The summed E-state index contributed by atoms with van der Waals surface area (Å²) in [5.41, 5.74) is 1.08. The molecule has 4 heteroatoms. The summed E-state index contributed by atoms with van der Waals surface area (Å²) in [5, 5.41) is 0. The van der Waals surface area contributed by atoms with Gasteiger partial charge in [0.25, 0.3) is 0 Å². The van der Waals surface area contributed by atoms with Crippen LogP contribution >= 0.6 is 15.9 Å². The zero-order chi connectivity index (χ0) is 14.4. The maximum absolute atomic E-state index is 12.3. The van der Waals surface area contributed by atoms with E-state index in [0.29, 0.717) is 6.42 Å². The molecule has 1 aliphatic rings. The smallest absolute Gasteiger partial charge is 0.227 e. The van der Waals surface area contributed by atoms with E-state index in [2.05, 4.69) is 27.8 Å². The molecule has 0 spiro atoms. The number of rotatable bonds is 5. The lowest BCUT2D eigenvalue weighted by atomic mass is 10.1. The van der Waals surface area contributed by atoms with E-state index < -0.39 is 0 Å². The van der Waals surface area contributed by atoms with Crippen LogP contribution in [0.3, 0.4) is 0 Å². The Hall–Kier alpha value is -0.870. The van der Waals surface area contributed by atoms with Crippen LogP contribution in [0, 0.1) is 0 Å². The van der Waals surface area contributed by atoms with E-state index in [9.17, 15) is 4.79 Å². The first-order valence-corrected chi connectivity index (χ1v) is 8.23. The molecule has 1 amide bonds. The van der Waals surface area contributed by atoms with Crippen LogP contribution in [0.2, 0.25) is 0 Å². The fourth-order valence-corrected chi connectivity index (χ4v) is 2.98. The first-order valence-electron chi connectivity index (χ1n) is 7.43. The number of amides is 1. The first kappa shape index (κ1) is 15.5. The first-order chi connectivity index (χ1) is 9.69. The standard InChI is InChI=1S/C16H23BrN2O/c1-2-3-7-18-8-10-19(11-9-18)16(20)13-14-5-4-6-15(17)12-14/h4-6,12H,2-3,7-11,13H2,1H3. The Morgan fingerprint density at radius 3 is 2.65 bits per heavy atom. The molecule has 0 atom stereocenters. The van der Waals surface area contributed by atoms with Crippen molar-refractivity contribution in [1.82, 2.24) is 9.80 Å². The summed E-state index contributed by atoms with van der Waals surface area (Å²) in [5.74, 6) is 0.248. The third-order valence-electron chi connectivity index (χ3n) is 3.80. The van der Waals surface area contributed by atoms with Gasteiger partial charge >= 0.3 is 0 Å². The average Bonchev–Trinajstić information content (AvgIpc) is 2.45. The van der Waals surface area contributed by atoms with Gasteiger partial charge in [-0.05, 0) is 30.7 Å². The molecular formula is C16H23BrN2O. The van der Waals surface area contributed by atoms with Crippen molar-refractivity contribution in [2.24, 2.45) is 0 Å². The Morgan fingerprint density at radius 1 is 1.25 bits per heavy atom. The number of unbranched alkanes of at least 4 members (excludes halogenated alkanes) is 1. The van der Waals surface area contributed by atoms with Gasteiger partial charge in [-0.3, -0.25) is 9.69 Å². The fraction of sp³-hybridized carbons (Fsp3) is 0.562. The molecule has 20 heavy (non-hydrogen) atoms. The summed E-state index contributed by atoms with van der Waals surface area (Å²) < 4.78 is 1.03. The van der Waals surface area contributed by atoms with Crippen LogP contribution in [0.4, 0.5) is 0 Å². The van der Waals surface area contributed by atoms with Gasteiger partial charge in [0.15, 0.2) is 0 Å². The molecule has 0 saturated carbocycles. The summed E-state index contributed by atoms with van der Waals surface area (Å²) in [6, 6.07) is 8.01. The molecule has 0 bridgehead atoms. The maximum Gasteiger partial charge on any atom is 0.227 e. The van der Waals surface area contributed by atoms with E-state index >= 15 is 0 Å². The third-order valence-corrected chi connectivity index (χ3v) is 4.29. The highest BCUT2D eigenvalue weighted by Crippen LogP contribution is 2.13. The second-order valence-electron chi connectivity index (χ2n) is 5.38. The third kappa shape index (κ3) is 4.60. The molecule has 0 unspecified atom stereocenters. The zero-order valence-electron chi connectivity index (χ0n) is 12.1. The van der Waals surface area contributed by atoms with Crippen LogP contribution in [0.1, 0.15) is 25.3 Å². The van der Waals surface area contributed by atoms with E-state index in [4.69, 9.17) is 0 Å². The van der Waals surface area contributed by atoms with Crippen molar-refractivity contribution in [3.8, 4) is 0 Å². The molecule has 3 nitrogen and oxygen atoms in total. The van der Waals surface area contributed by atoms with Crippen molar-refractivity contribution in [2.45, 2.75) is 26.2 Å².